The second-order valence-corrected chi connectivity index (χ2v) is 8.28. The molecule has 0 saturated heterocycles. The molecule has 2 aromatic rings. The molecule has 0 saturated carbocycles. The molecule has 10 heteroatoms. The molecule has 0 bridgehead atoms. The van der Waals surface area contributed by atoms with Crippen molar-refractivity contribution in [1.82, 2.24) is 14.5 Å². The number of aryl methyl sites for hydroxylation is 1. The molecular weight excluding hydrogens is 364 g/mol. The molecule has 2 amide bonds. The van der Waals surface area contributed by atoms with Gasteiger partial charge in [0.2, 0.25) is 5.13 Å². The van der Waals surface area contributed by atoms with Crippen molar-refractivity contribution in [3.05, 3.63) is 34.3 Å². The van der Waals surface area contributed by atoms with Gasteiger partial charge in [0.25, 0.3) is 21.8 Å². The van der Waals surface area contributed by atoms with Crippen molar-refractivity contribution in [2.75, 3.05) is 11.9 Å². The highest BCUT2D eigenvalue weighted by molar-refractivity contribution is 7.90. The number of benzene rings is 1. The van der Waals surface area contributed by atoms with E-state index >= 15 is 0 Å². The molecule has 0 atom stereocenters. The maximum absolute atomic E-state index is 12.4. The highest BCUT2D eigenvalue weighted by Gasteiger charge is 2.40. The minimum absolute atomic E-state index is 0.0440. The maximum atomic E-state index is 12.4. The standard InChI is InChI=1S/C15H16N4O4S2/c1-3-5-12-17-18-15(24-12)16-13(20)9-6-7-10-11(8-9)25(22,23)19(4-2)14(10)21/h6-8H,3-5H2,1-2H3,(H,16,18,20). The van der Waals surface area contributed by atoms with E-state index in [0.29, 0.717) is 5.13 Å². The number of amides is 2. The molecule has 0 unspecified atom stereocenters. The summed E-state index contributed by atoms with van der Waals surface area (Å²) in [7, 11) is -3.90. The first-order chi connectivity index (χ1) is 11.9. The van der Waals surface area contributed by atoms with Gasteiger partial charge >= 0.3 is 0 Å². The normalized spacial score (nSPS) is 15.3. The second-order valence-electron chi connectivity index (χ2n) is 5.39. The Morgan fingerprint density at radius 1 is 1.28 bits per heavy atom. The number of nitrogens with zero attached hydrogens (tertiary/aromatic N) is 3. The monoisotopic (exact) mass is 380 g/mol. The molecule has 132 valence electrons. The van der Waals surface area contributed by atoms with Crippen molar-refractivity contribution in [1.29, 1.82) is 0 Å². The van der Waals surface area contributed by atoms with Crippen LogP contribution in [0.4, 0.5) is 5.13 Å². The summed E-state index contributed by atoms with van der Waals surface area (Å²) in [6.07, 6.45) is 1.70. The van der Waals surface area contributed by atoms with Gasteiger partial charge in [-0.1, -0.05) is 18.3 Å². The van der Waals surface area contributed by atoms with Crippen molar-refractivity contribution >= 4 is 38.3 Å². The van der Waals surface area contributed by atoms with Crippen molar-refractivity contribution in [2.24, 2.45) is 0 Å². The number of carbonyl (C=O) groups is 2. The highest BCUT2D eigenvalue weighted by atomic mass is 32.2. The Hall–Kier alpha value is -2.33. The molecule has 8 nitrogen and oxygen atoms in total. The molecule has 1 aliphatic rings. The zero-order valence-corrected chi connectivity index (χ0v) is 15.3. The Morgan fingerprint density at radius 3 is 2.72 bits per heavy atom. The molecule has 0 radical (unpaired) electrons. The number of hydrogen-bond acceptors (Lipinski definition) is 7. The van der Waals surface area contributed by atoms with E-state index < -0.39 is 21.8 Å². The molecular formula is C15H16N4O4S2. The quantitative estimate of drug-likeness (QED) is 0.848. The van der Waals surface area contributed by atoms with E-state index in [0.717, 1.165) is 22.2 Å². The minimum atomic E-state index is -3.90. The molecule has 1 N–H and O–H groups in total. The lowest BCUT2D eigenvalue weighted by molar-refractivity contribution is 0.0875. The number of rotatable bonds is 5. The fraction of sp³-hybridized carbons (Fsp3) is 0.333. The van der Waals surface area contributed by atoms with Gasteiger partial charge in [-0.3, -0.25) is 14.9 Å². The van der Waals surface area contributed by atoms with E-state index in [1.807, 2.05) is 6.92 Å². The summed E-state index contributed by atoms with van der Waals surface area (Å²) < 4.78 is 25.6. The fourth-order valence-electron chi connectivity index (χ4n) is 2.52. The van der Waals surface area contributed by atoms with E-state index in [1.54, 1.807) is 6.92 Å². The zero-order chi connectivity index (χ0) is 18.2. The first-order valence-corrected chi connectivity index (χ1v) is 9.99. The van der Waals surface area contributed by atoms with Gasteiger partial charge in [-0.2, -0.15) is 0 Å². The number of nitrogens with one attached hydrogen (secondary N) is 1. The average molecular weight is 380 g/mol. The first kappa shape index (κ1) is 17.5. The van der Waals surface area contributed by atoms with E-state index in [2.05, 4.69) is 15.5 Å². The van der Waals surface area contributed by atoms with E-state index in [1.165, 1.54) is 29.5 Å². The third-order valence-electron chi connectivity index (χ3n) is 3.71. The Labute approximate surface area is 148 Å². The molecule has 0 aliphatic carbocycles. The van der Waals surface area contributed by atoms with Crippen LogP contribution in [0.25, 0.3) is 0 Å². The number of hydrogen-bond donors (Lipinski definition) is 1. The van der Waals surface area contributed by atoms with Crippen LogP contribution >= 0.6 is 11.3 Å². The number of anilines is 1. The predicted octanol–water partition coefficient (Wildman–Crippen LogP) is 1.91. The lowest BCUT2D eigenvalue weighted by atomic mass is 10.1. The average Bonchev–Trinajstić information content (AvgIpc) is 3.08. The minimum Gasteiger partial charge on any atom is -0.296 e. The predicted molar refractivity (Wildman–Crippen MR) is 92.2 cm³/mol. The summed E-state index contributed by atoms with van der Waals surface area (Å²) in [5.41, 5.74) is 0.222. The van der Waals surface area contributed by atoms with Gasteiger partial charge in [0, 0.05) is 18.5 Å². The van der Waals surface area contributed by atoms with Crippen LogP contribution in [0.5, 0.6) is 0 Å². The van der Waals surface area contributed by atoms with Gasteiger partial charge in [0.1, 0.15) is 9.90 Å². The summed E-state index contributed by atoms with van der Waals surface area (Å²) in [5, 5.41) is 11.6. The Morgan fingerprint density at radius 2 is 2.04 bits per heavy atom. The zero-order valence-electron chi connectivity index (χ0n) is 13.6. The summed E-state index contributed by atoms with van der Waals surface area (Å²) in [4.78, 5) is 24.3. The fourth-order valence-corrected chi connectivity index (χ4v) is 4.96. The Balaban J connectivity index is 1.87. The molecule has 3 rings (SSSR count). The SMILES string of the molecule is CCCc1nnc(NC(=O)c2ccc3c(c2)S(=O)(=O)N(CC)C3=O)s1. The van der Waals surface area contributed by atoms with Crippen LogP contribution in [0, 0.1) is 0 Å². The lowest BCUT2D eigenvalue weighted by Gasteiger charge is -2.11. The van der Waals surface area contributed by atoms with Gasteiger partial charge in [0.15, 0.2) is 0 Å². The molecule has 0 spiro atoms. The van der Waals surface area contributed by atoms with Crippen LogP contribution in [0.2, 0.25) is 0 Å². The van der Waals surface area contributed by atoms with Crippen LogP contribution in [0.15, 0.2) is 23.1 Å². The molecule has 1 aromatic carbocycles. The highest BCUT2D eigenvalue weighted by Crippen LogP contribution is 2.31. The van der Waals surface area contributed by atoms with E-state index in [-0.39, 0.29) is 22.6 Å². The molecule has 2 heterocycles. The van der Waals surface area contributed by atoms with Gasteiger partial charge in [-0.05, 0) is 31.5 Å². The molecule has 25 heavy (non-hydrogen) atoms. The van der Waals surface area contributed by atoms with Gasteiger partial charge in [-0.25, -0.2) is 12.7 Å². The topological polar surface area (TPSA) is 109 Å². The molecule has 1 aliphatic heterocycles. The lowest BCUT2D eigenvalue weighted by Crippen LogP contribution is -2.29. The van der Waals surface area contributed by atoms with Crippen LogP contribution in [0.1, 0.15) is 46.0 Å². The maximum Gasteiger partial charge on any atom is 0.268 e. The number of carbonyl (C=O) groups excluding carboxylic acids is 2. The van der Waals surface area contributed by atoms with Crippen molar-refractivity contribution in [2.45, 2.75) is 31.6 Å². The molecule has 0 fully saturated rings. The number of sulfonamides is 1. The van der Waals surface area contributed by atoms with Crippen molar-refractivity contribution < 1.29 is 18.0 Å². The van der Waals surface area contributed by atoms with Crippen LogP contribution < -0.4 is 5.32 Å². The Kier molecular flexibility index (Phi) is 4.56. The molecule has 1 aromatic heterocycles. The third-order valence-corrected chi connectivity index (χ3v) is 6.50. The van der Waals surface area contributed by atoms with E-state index in [9.17, 15) is 18.0 Å². The first-order valence-electron chi connectivity index (χ1n) is 7.73. The van der Waals surface area contributed by atoms with Crippen LogP contribution in [-0.4, -0.2) is 41.3 Å². The number of fused-ring (bicyclic) bond motifs is 1. The van der Waals surface area contributed by atoms with Crippen LogP contribution in [-0.2, 0) is 16.4 Å². The number of aromatic nitrogens is 2. The summed E-state index contributed by atoms with van der Waals surface area (Å²) in [5.74, 6) is -1.07. The van der Waals surface area contributed by atoms with E-state index in [4.69, 9.17) is 0 Å². The van der Waals surface area contributed by atoms with Gasteiger partial charge < -0.3 is 0 Å². The van der Waals surface area contributed by atoms with Gasteiger partial charge in [0.05, 0.1) is 5.56 Å². The summed E-state index contributed by atoms with van der Waals surface area (Å²) in [6.45, 7) is 3.65. The van der Waals surface area contributed by atoms with Crippen LogP contribution in [0.3, 0.4) is 0 Å². The van der Waals surface area contributed by atoms with Gasteiger partial charge in [-0.15, -0.1) is 10.2 Å². The largest absolute Gasteiger partial charge is 0.296 e. The summed E-state index contributed by atoms with van der Waals surface area (Å²) >= 11 is 1.28. The Bertz CT molecular complexity index is 952. The second kappa shape index (κ2) is 6.52. The van der Waals surface area contributed by atoms with Crippen molar-refractivity contribution in [3.8, 4) is 0 Å². The summed E-state index contributed by atoms with van der Waals surface area (Å²) in [6, 6.07) is 4.01. The van der Waals surface area contributed by atoms with Crippen molar-refractivity contribution in [3.63, 3.8) is 0 Å². The smallest absolute Gasteiger partial charge is 0.268 e. The third kappa shape index (κ3) is 3.02.